The maximum absolute atomic E-state index is 4.53. The van der Waals surface area contributed by atoms with E-state index in [-0.39, 0.29) is 0 Å². The average molecular weight is 342 g/mol. The zero-order valence-corrected chi connectivity index (χ0v) is 15.0. The van der Waals surface area contributed by atoms with Gasteiger partial charge in [0.25, 0.3) is 0 Å². The largest absolute Gasteiger partial charge is 0.367 e. The summed E-state index contributed by atoms with van der Waals surface area (Å²) < 4.78 is 1.80. The highest BCUT2D eigenvalue weighted by molar-refractivity contribution is 7.09. The van der Waals surface area contributed by atoms with Gasteiger partial charge in [-0.3, -0.25) is 4.90 Å². The second-order valence-electron chi connectivity index (χ2n) is 6.35. The van der Waals surface area contributed by atoms with Gasteiger partial charge < -0.3 is 4.90 Å². The Morgan fingerprint density at radius 1 is 1.17 bits per heavy atom. The van der Waals surface area contributed by atoms with Crippen LogP contribution in [0.1, 0.15) is 22.6 Å². The van der Waals surface area contributed by atoms with Crippen LogP contribution in [0.15, 0.2) is 23.8 Å². The van der Waals surface area contributed by atoms with Gasteiger partial charge in [-0.25, -0.2) is 0 Å². The maximum Gasteiger partial charge on any atom is 0.201 e. The zero-order chi connectivity index (χ0) is 16.5. The summed E-state index contributed by atoms with van der Waals surface area (Å²) in [6.07, 6.45) is 2.85. The van der Waals surface area contributed by atoms with Gasteiger partial charge in [0.05, 0.1) is 11.4 Å². The Labute approximate surface area is 145 Å². The van der Waals surface area contributed by atoms with Crippen molar-refractivity contribution in [1.29, 1.82) is 0 Å². The van der Waals surface area contributed by atoms with E-state index in [1.807, 2.05) is 11.3 Å². The van der Waals surface area contributed by atoms with Crippen molar-refractivity contribution in [3.05, 3.63) is 40.0 Å². The highest BCUT2D eigenvalue weighted by Gasteiger charge is 2.21. The van der Waals surface area contributed by atoms with E-state index < -0.39 is 0 Å². The molecule has 0 N–H and O–H groups in total. The second-order valence-corrected chi connectivity index (χ2v) is 7.39. The fourth-order valence-corrected chi connectivity index (χ4v) is 4.13. The van der Waals surface area contributed by atoms with Gasteiger partial charge in [0.15, 0.2) is 0 Å². The van der Waals surface area contributed by atoms with Gasteiger partial charge in [-0.15, -0.1) is 21.5 Å². The number of thiophene rings is 1. The molecule has 3 aromatic heterocycles. The van der Waals surface area contributed by atoms with Crippen LogP contribution in [-0.4, -0.2) is 50.9 Å². The molecule has 0 spiro atoms. The van der Waals surface area contributed by atoms with Crippen LogP contribution in [0.2, 0.25) is 0 Å². The quantitative estimate of drug-likeness (QED) is 0.732. The van der Waals surface area contributed by atoms with E-state index in [1.165, 1.54) is 16.1 Å². The molecule has 1 aliphatic rings. The molecule has 4 rings (SSSR count). The lowest BCUT2D eigenvalue weighted by molar-refractivity contribution is 0.288. The molecule has 1 fully saturated rings. The molecule has 0 aromatic carbocycles. The van der Waals surface area contributed by atoms with E-state index in [0.717, 1.165) is 50.5 Å². The van der Waals surface area contributed by atoms with Crippen molar-refractivity contribution in [3.8, 4) is 0 Å². The molecule has 0 amide bonds. The Balaban J connectivity index is 1.57. The molecule has 24 heavy (non-hydrogen) atoms. The third-order valence-electron chi connectivity index (χ3n) is 4.76. The number of anilines is 1. The fourth-order valence-electron chi connectivity index (χ4n) is 3.39. The minimum atomic E-state index is 0.866. The second kappa shape index (κ2) is 6.49. The van der Waals surface area contributed by atoms with Crippen LogP contribution in [0.25, 0.3) is 5.65 Å². The van der Waals surface area contributed by atoms with E-state index in [2.05, 4.69) is 56.5 Å². The Kier molecular flexibility index (Phi) is 4.20. The molecule has 3 aromatic rings. The van der Waals surface area contributed by atoms with Crippen molar-refractivity contribution in [2.75, 3.05) is 31.1 Å². The average Bonchev–Trinajstić information content (AvgIpc) is 3.18. The van der Waals surface area contributed by atoms with Crippen LogP contribution in [0.5, 0.6) is 0 Å². The molecule has 1 aliphatic heterocycles. The lowest BCUT2D eigenvalue weighted by Gasteiger charge is -2.25. The van der Waals surface area contributed by atoms with Gasteiger partial charge in [0.1, 0.15) is 6.33 Å². The molecule has 0 radical (unpaired) electrons. The Bertz CT molecular complexity index is 825. The van der Waals surface area contributed by atoms with Crippen LogP contribution in [0.3, 0.4) is 0 Å². The number of hydrogen-bond acceptors (Lipinski definition) is 6. The summed E-state index contributed by atoms with van der Waals surface area (Å²) in [5.41, 5.74) is 4.31. The van der Waals surface area contributed by atoms with Gasteiger partial charge in [0.2, 0.25) is 5.65 Å². The predicted molar refractivity (Wildman–Crippen MR) is 96.7 cm³/mol. The Morgan fingerprint density at radius 3 is 2.92 bits per heavy atom. The van der Waals surface area contributed by atoms with Crippen LogP contribution in [0.4, 0.5) is 5.69 Å². The minimum Gasteiger partial charge on any atom is -0.367 e. The number of rotatable bonds is 3. The number of hydrogen-bond donors (Lipinski definition) is 0. The summed E-state index contributed by atoms with van der Waals surface area (Å²) in [6, 6.07) is 4.36. The normalized spacial score (nSPS) is 16.7. The van der Waals surface area contributed by atoms with E-state index in [4.69, 9.17) is 0 Å². The van der Waals surface area contributed by atoms with E-state index in [1.54, 1.807) is 10.8 Å². The highest BCUT2D eigenvalue weighted by Crippen LogP contribution is 2.27. The maximum atomic E-state index is 4.53. The lowest BCUT2D eigenvalue weighted by Crippen LogP contribution is -2.31. The van der Waals surface area contributed by atoms with E-state index in [9.17, 15) is 0 Å². The minimum absolute atomic E-state index is 0.866. The molecule has 0 aliphatic carbocycles. The third kappa shape index (κ3) is 2.89. The fraction of sp³-hybridized carbons (Fsp3) is 0.471. The van der Waals surface area contributed by atoms with Crippen LogP contribution < -0.4 is 4.90 Å². The van der Waals surface area contributed by atoms with Gasteiger partial charge in [0, 0.05) is 37.6 Å². The molecule has 1 saturated heterocycles. The lowest BCUT2D eigenvalue weighted by atomic mass is 10.2. The first-order valence-corrected chi connectivity index (χ1v) is 9.27. The SMILES string of the molecule is Cc1nn2cnnc2c(N2CCCN(Cc3cccs3)CC2)c1C. The summed E-state index contributed by atoms with van der Waals surface area (Å²) in [5, 5.41) is 15.0. The summed E-state index contributed by atoms with van der Waals surface area (Å²) >= 11 is 1.84. The molecule has 126 valence electrons. The van der Waals surface area contributed by atoms with E-state index >= 15 is 0 Å². The van der Waals surface area contributed by atoms with Crippen molar-refractivity contribution >= 4 is 22.7 Å². The van der Waals surface area contributed by atoms with Crippen LogP contribution in [0, 0.1) is 13.8 Å². The molecule has 0 saturated carbocycles. The number of fused-ring (bicyclic) bond motifs is 1. The summed E-state index contributed by atoms with van der Waals surface area (Å²) in [6.45, 7) is 9.52. The summed E-state index contributed by atoms with van der Waals surface area (Å²) in [7, 11) is 0. The van der Waals surface area contributed by atoms with Crippen LogP contribution in [-0.2, 0) is 6.54 Å². The molecular weight excluding hydrogens is 320 g/mol. The van der Waals surface area contributed by atoms with E-state index in [0.29, 0.717) is 0 Å². The molecule has 0 atom stereocenters. The molecular formula is C17H22N6S. The van der Waals surface area contributed by atoms with Crippen molar-refractivity contribution in [2.45, 2.75) is 26.8 Å². The van der Waals surface area contributed by atoms with Crippen molar-refractivity contribution in [3.63, 3.8) is 0 Å². The first kappa shape index (κ1) is 15.5. The first-order chi connectivity index (χ1) is 11.7. The standard InChI is InChI=1S/C17H22N6S/c1-13-14(2)20-23-12-18-19-17(23)16(13)22-7-4-6-21(8-9-22)11-15-5-3-10-24-15/h3,5,10,12H,4,6-9,11H2,1-2H3. The van der Waals surface area contributed by atoms with Gasteiger partial charge in [-0.2, -0.15) is 9.61 Å². The topological polar surface area (TPSA) is 49.6 Å². The number of aryl methyl sites for hydroxylation is 1. The molecule has 6 nitrogen and oxygen atoms in total. The molecule has 4 heterocycles. The van der Waals surface area contributed by atoms with Gasteiger partial charge >= 0.3 is 0 Å². The Morgan fingerprint density at radius 2 is 2.08 bits per heavy atom. The first-order valence-electron chi connectivity index (χ1n) is 8.39. The molecule has 0 bridgehead atoms. The van der Waals surface area contributed by atoms with Gasteiger partial charge in [-0.05, 0) is 37.3 Å². The zero-order valence-electron chi connectivity index (χ0n) is 14.1. The van der Waals surface area contributed by atoms with Crippen LogP contribution >= 0.6 is 11.3 Å². The number of nitrogens with zero attached hydrogens (tertiary/aromatic N) is 6. The number of aromatic nitrogens is 4. The predicted octanol–water partition coefficient (Wildman–Crippen LogP) is 2.51. The van der Waals surface area contributed by atoms with Crippen molar-refractivity contribution < 1.29 is 0 Å². The summed E-state index contributed by atoms with van der Waals surface area (Å²) in [4.78, 5) is 6.46. The highest BCUT2D eigenvalue weighted by atomic mass is 32.1. The molecule has 7 heteroatoms. The monoisotopic (exact) mass is 342 g/mol. The van der Waals surface area contributed by atoms with Crippen molar-refractivity contribution in [1.82, 2.24) is 24.7 Å². The third-order valence-corrected chi connectivity index (χ3v) is 5.62. The summed E-state index contributed by atoms with van der Waals surface area (Å²) in [5.74, 6) is 0. The Hall–Kier alpha value is -1.99. The molecule has 0 unspecified atom stereocenters. The van der Waals surface area contributed by atoms with Crippen molar-refractivity contribution in [2.24, 2.45) is 0 Å². The smallest absolute Gasteiger partial charge is 0.201 e. The van der Waals surface area contributed by atoms with Gasteiger partial charge in [-0.1, -0.05) is 6.07 Å².